The minimum absolute atomic E-state index is 0.0443. The standard InChI is InChI=1S/C24H21N5O5S/c1-15-13-28(24(33)29(20(15)30)21(31)16-8-4-2-5-9-16)22-19(26-27-25)12-18(35-22)14-34-23(32)17-10-6-3-7-11-17/h2-11,13,18-19,22H,12,14H2,1H3/t18-,19-,22-/m0/s1. The van der Waals surface area contributed by atoms with Gasteiger partial charge in [0.25, 0.3) is 11.5 Å². The molecule has 11 heteroatoms. The van der Waals surface area contributed by atoms with E-state index in [9.17, 15) is 19.2 Å². The van der Waals surface area contributed by atoms with Gasteiger partial charge >= 0.3 is 11.7 Å². The van der Waals surface area contributed by atoms with Gasteiger partial charge in [0.15, 0.2) is 0 Å². The van der Waals surface area contributed by atoms with E-state index in [-0.39, 0.29) is 23.0 Å². The summed E-state index contributed by atoms with van der Waals surface area (Å²) >= 11 is 1.29. The van der Waals surface area contributed by atoms with Gasteiger partial charge in [-0.25, -0.2) is 9.59 Å². The predicted molar refractivity (Wildman–Crippen MR) is 131 cm³/mol. The van der Waals surface area contributed by atoms with E-state index in [1.807, 2.05) is 0 Å². The summed E-state index contributed by atoms with van der Waals surface area (Å²) in [5.74, 6) is -1.22. The molecule has 3 atom stereocenters. The SMILES string of the molecule is Cc1cn([C@H]2S[C@H](COC(=O)c3ccccc3)C[C@@H]2N=[N+]=[N-])c(=O)n(C(=O)c2ccccc2)c1=O. The molecule has 1 fully saturated rings. The molecule has 2 aromatic carbocycles. The Hall–Kier alpha value is -4.08. The first kappa shape index (κ1) is 24.1. The number of benzene rings is 2. The topological polar surface area (TPSA) is 136 Å². The van der Waals surface area contributed by atoms with Crippen molar-refractivity contribution in [2.75, 3.05) is 6.61 Å². The molecule has 4 rings (SSSR count). The zero-order valence-corrected chi connectivity index (χ0v) is 19.5. The van der Waals surface area contributed by atoms with Crippen LogP contribution in [-0.4, -0.2) is 38.9 Å². The van der Waals surface area contributed by atoms with Crippen molar-refractivity contribution in [1.29, 1.82) is 0 Å². The summed E-state index contributed by atoms with van der Waals surface area (Å²) in [6.07, 6.45) is 1.72. The van der Waals surface area contributed by atoms with Gasteiger partial charge in [-0.05, 0) is 43.1 Å². The first-order chi connectivity index (χ1) is 16.9. The molecule has 0 bridgehead atoms. The molecule has 0 spiro atoms. The van der Waals surface area contributed by atoms with E-state index in [4.69, 9.17) is 10.3 Å². The largest absolute Gasteiger partial charge is 0.461 e. The average Bonchev–Trinajstić information content (AvgIpc) is 3.28. The maximum Gasteiger partial charge on any atom is 0.339 e. The fourth-order valence-corrected chi connectivity index (χ4v) is 5.33. The number of hydrogen-bond acceptors (Lipinski definition) is 7. The second-order valence-electron chi connectivity index (χ2n) is 7.93. The van der Waals surface area contributed by atoms with Crippen LogP contribution in [0.1, 0.15) is 38.1 Å². The lowest BCUT2D eigenvalue weighted by Gasteiger charge is -2.19. The van der Waals surface area contributed by atoms with Gasteiger partial charge in [-0.1, -0.05) is 41.5 Å². The summed E-state index contributed by atoms with van der Waals surface area (Å²) in [6, 6.07) is 15.9. The highest BCUT2D eigenvalue weighted by molar-refractivity contribution is 8.00. The number of ether oxygens (including phenoxy) is 1. The summed E-state index contributed by atoms with van der Waals surface area (Å²) in [4.78, 5) is 54.3. The lowest BCUT2D eigenvalue weighted by atomic mass is 10.1. The Labute approximate surface area is 203 Å². The molecule has 0 aliphatic carbocycles. The number of nitrogens with zero attached hydrogens (tertiary/aromatic N) is 5. The van der Waals surface area contributed by atoms with Gasteiger partial charge in [0.05, 0.1) is 17.0 Å². The molecule has 0 radical (unpaired) electrons. The molecule has 1 aromatic heterocycles. The van der Waals surface area contributed by atoms with Gasteiger partial charge in [-0.15, -0.1) is 11.8 Å². The Bertz CT molecular complexity index is 1410. The third-order valence-electron chi connectivity index (χ3n) is 5.56. The number of thioether (sulfide) groups is 1. The highest BCUT2D eigenvalue weighted by Gasteiger charge is 2.38. The van der Waals surface area contributed by atoms with Crippen LogP contribution >= 0.6 is 11.8 Å². The Morgan fingerprint density at radius 3 is 2.34 bits per heavy atom. The average molecular weight is 492 g/mol. The van der Waals surface area contributed by atoms with Crippen LogP contribution in [0.15, 0.2) is 81.6 Å². The number of rotatable bonds is 6. The monoisotopic (exact) mass is 491 g/mol. The molecule has 35 heavy (non-hydrogen) atoms. The van der Waals surface area contributed by atoms with Crippen LogP contribution in [0, 0.1) is 6.92 Å². The van der Waals surface area contributed by atoms with Crippen molar-refractivity contribution >= 4 is 23.6 Å². The van der Waals surface area contributed by atoms with Gasteiger partial charge in [0, 0.05) is 27.5 Å². The van der Waals surface area contributed by atoms with E-state index in [0.717, 1.165) is 0 Å². The number of aryl methyl sites for hydroxylation is 1. The lowest BCUT2D eigenvalue weighted by Crippen LogP contribution is -2.46. The van der Waals surface area contributed by atoms with Crippen LogP contribution in [0.4, 0.5) is 0 Å². The zero-order chi connectivity index (χ0) is 24.9. The maximum absolute atomic E-state index is 13.3. The quantitative estimate of drug-likeness (QED) is 0.224. The Morgan fingerprint density at radius 1 is 1.09 bits per heavy atom. The van der Waals surface area contributed by atoms with E-state index in [2.05, 4.69) is 10.0 Å². The van der Waals surface area contributed by atoms with Crippen molar-refractivity contribution < 1.29 is 14.3 Å². The molecule has 0 unspecified atom stereocenters. The van der Waals surface area contributed by atoms with E-state index in [1.165, 1.54) is 41.6 Å². The van der Waals surface area contributed by atoms with E-state index >= 15 is 0 Å². The van der Waals surface area contributed by atoms with Gasteiger partial charge in [-0.3, -0.25) is 14.2 Å². The van der Waals surface area contributed by atoms with Gasteiger partial charge in [0.1, 0.15) is 6.61 Å². The van der Waals surface area contributed by atoms with Crippen LogP contribution < -0.4 is 11.2 Å². The third kappa shape index (κ3) is 5.06. The molecule has 1 aliphatic heterocycles. The van der Waals surface area contributed by atoms with Crippen LogP contribution in [0.5, 0.6) is 0 Å². The molecule has 1 aliphatic rings. The molecule has 2 heterocycles. The van der Waals surface area contributed by atoms with Crippen molar-refractivity contribution in [2.24, 2.45) is 5.11 Å². The molecule has 3 aromatic rings. The fourth-order valence-electron chi connectivity index (χ4n) is 3.85. The molecule has 0 amide bonds. The maximum atomic E-state index is 13.3. The summed E-state index contributed by atoms with van der Waals surface area (Å²) in [5, 5.41) is 2.88. The highest BCUT2D eigenvalue weighted by Crippen LogP contribution is 2.43. The normalized spacial score (nSPS) is 19.1. The van der Waals surface area contributed by atoms with Gasteiger partial charge in [-0.2, -0.15) is 4.57 Å². The second-order valence-corrected chi connectivity index (χ2v) is 9.36. The molecular weight excluding hydrogens is 470 g/mol. The zero-order valence-electron chi connectivity index (χ0n) is 18.7. The minimum Gasteiger partial charge on any atom is -0.461 e. The number of carbonyl (C=O) groups is 2. The number of azide groups is 1. The summed E-state index contributed by atoms with van der Waals surface area (Å²) in [5.41, 5.74) is 8.33. The molecular formula is C24H21N5O5S. The minimum atomic E-state index is -0.827. The van der Waals surface area contributed by atoms with Crippen molar-refractivity contribution in [3.63, 3.8) is 0 Å². The Balaban J connectivity index is 1.62. The Morgan fingerprint density at radius 2 is 1.71 bits per heavy atom. The molecule has 0 N–H and O–H groups in total. The smallest absolute Gasteiger partial charge is 0.339 e. The van der Waals surface area contributed by atoms with Crippen LogP contribution in [0.3, 0.4) is 0 Å². The van der Waals surface area contributed by atoms with Gasteiger partial charge in [0.2, 0.25) is 0 Å². The van der Waals surface area contributed by atoms with Crippen molar-refractivity contribution in [1.82, 2.24) is 9.13 Å². The van der Waals surface area contributed by atoms with Crippen molar-refractivity contribution in [2.45, 2.75) is 30.0 Å². The molecule has 178 valence electrons. The Kier molecular flexibility index (Phi) is 7.19. The van der Waals surface area contributed by atoms with Gasteiger partial charge < -0.3 is 4.74 Å². The van der Waals surface area contributed by atoms with Crippen LogP contribution in [-0.2, 0) is 4.74 Å². The molecule has 1 saturated heterocycles. The van der Waals surface area contributed by atoms with Crippen molar-refractivity contribution in [3.05, 3.63) is 115 Å². The van der Waals surface area contributed by atoms with Crippen molar-refractivity contribution in [3.8, 4) is 0 Å². The number of aromatic nitrogens is 2. The highest BCUT2D eigenvalue weighted by atomic mass is 32.2. The van der Waals surface area contributed by atoms with E-state index in [0.29, 0.717) is 16.6 Å². The summed E-state index contributed by atoms with van der Waals surface area (Å²) in [6.45, 7) is 1.55. The fraction of sp³-hybridized carbons (Fsp3) is 0.250. The van der Waals surface area contributed by atoms with E-state index in [1.54, 1.807) is 48.5 Å². The molecule has 0 saturated carbocycles. The van der Waals surface area contributed by atoms with Crippen LogP contribution in [0.25, 0.3) is 10.4 Å². The number of carbonyl (C=O) groups excluding carboxylic acids is 2. The third-order valence-corrected chi connectivity index (χ3v) is 7.09. The summed E-state index contributed by atoms with van der Waals surface area (Å²) in [7, 11) is 0. The predicted octanol–water partition coefficient (Wildman–Crippen LogP) is 3.55. The number of esters is 1. The second kappa shape index (κ2) is 10.5. The first-order valence-electron chi connectivity index (χ1n) is 10.8. The van der Waals surface area contributed by atoms with E-state index < -0.39 is 34.5 Å². The number of hydrogen-bond donors (Lipinski definition) is 0. The summed E-state index contributed by atoms with van der Waals surface area (Å²) < 4.78 is 7.27. The van der Waals surface area contributed by atoms with Crippen LogP contribution in [0.2, 0.25) is 0 Å². The lowest BCUT2D eigenvalue weighted by molar-refractivity contribution is 0.0504. The molecule has 10 nitrogen and oxygen atoms in total. The first-order valence-corrected chi connectivity index (χ1v) is 11.7.